The summed E-state index contributed by atoms with van der Waals surface area (Å²) in [5, 5.41) is 0. The van der Waals surface area contributed by atoms with Gasteiger partial charge in [0.2, 0.25) is 0 Å². The van der Waals surface area contributed by atoms with Crippen molar-refractivity contribution in [2.45, 2.75) is 53.0 Å². The molecular formula is C17H31NOS. The maximum absolute atomic E-state index is 5.92. The average molecular weight is 298 g/mol. The zero-order valence-corrected chi connectivity index (χ0v) is 14.9. The van der Waals surface area contributed by atoms with Gasteiger partial charge in [-0.25, -0.2) is 0 Å². The van der Waals surface area contributed by atoms with Crippen LogP contribution in [0.5, 0.6) is 0 Å². The molecule has 0 bridgehead atoms. The molecule has 20 heavy (non-hydrogen) atoms. The third-order valence-corrected chi connectivity index (χ3v) is 3.49. The van der Waals surface area contributed by atoms with Crippen LogP contribution < -0.4 is 0 Å². The predicted octanol–water partition coefficient (Wildman–Crippen LogP) is 4.66. The Morgan fingerprint density at radius 1 is 1.20 bits per heavy atom. The van der Waals surface area contributed by atoms with Crippen molar-refractivity contribution in [1.29, 1.82) is 0 Å². The highest BCUT2D eigenvalue weighted by atomic mass is 32.1. The Kier molecular flexibility index (Phi) is 9.78. The van der Waals surface area contributed by atoms with E-state index in [0.29, 0.717) is 12.0 Å². The molecule has 0 radical (unpaired) electrons. The van der Waals surface area contributed by atoms with Crippen molar-refractivity contribution in [2.75, 3.05) is 13.6 Å². The van der Waals surface area contributed by atoms with Gasteiger partial charge in [0.25, 0.3) is 0 Å². The molecule has 0 saturated heterocycles. The first kappa shape index (κ1) is 19.3. The lowest BCUT2D eigenvalue weighted by Crippen LogP contribution is -2.33. The molecule has 0 aromatic carbocycles. The van der Waals surface area contributed by atoms with Gasteiger partial charge in [0.1, 0.15) is 5.76 Å². The van der Waals surface area contributed by atoms with Crippen LogP contribution in [0, 0.1) is 5.92 Å². The van der Waals surface area contributed by atoms with Crippen LogP contribution in [0.3, 0.4) is 0 Å². The lowest BCUT2D eigenvalue weighted by atomic mass is 10.0. The van der Waals surface area contributed by atoms with Crippen molar-refractivity contribution in [3.05, 3.63) is 35.6 Å². The Bertz CT molecular complexity index is 356. The van der Waals surface area contributed by atoms with Crippen molar-refractivity contribution in [1.82, 2.24) is 4.90 Å². The highest BCUT2D eigenvalue weighted by Gasteiger charge is 2.12. The first-order valence-electron chi connectivity index (χ1n) is 7.37. The predicted molar refractivity (Wildman–Crippen MR) is 93.1 cm³/mol. The molecular weight excluding hydrogens is 266 g/mol. The fourth-order valence-electron chi connectivity index (χ4n) is 1.60. The maximum Gasteiger partial charge on any atom is 0.154 e. The molecule has 0 aliphatic rings. The van der Waals surface area contributed by atoms with Crippen molar-refractivity contribution >= 4 is 12.6 Å². The summed E-state index contributed by atoms with van der Waals surface area (Å²) >= 11 is 4.53. The molecule has 0 rings (SSSR count). The van der Waals surface area contributed by atoms with Crippen LogP contribution in [0.25, 0.3) is 0 Å². The Morgan fingerprint density at radius 2 is 1.80 bits per heavy atom. The molecule has 0 aromatic rings. The number of hydrogen-bond acceptors (Lipinski definition) is 3. The second-order valence-electron chi connectivity index (χ2n) is 5.60. The van der Waals surface area contributed by atoms with Gasteiger partial charge in [0.05, 0.1) is 0 Å². The Morgan fingerprint density at radius 3 is 2.20 bits per heavy atom. The molecule has 3 heteroatoms. The number of rotatable bonds is 8. The normalized spacial score (nSPS) is 15.8. The quantitative estimate of drug-likeness (QED) is 0.303. The lowest BCUT2D eigenvalue weighted by Gasteiger charge is -2.25. The molecule has 0 N–H and O–H groups in total. The van der Waals surface area contributed by atoms with E-state index in [-0.39, 0.29) is 5.44 Å². The zero-order chi connectivity index (χ0) is 15.7. The summed E-state index contributed by atoms with van der Waals surface area (Å²) in [7, 11) is 2.09. The van der Waals surface area contributed by atoms with E-state index < -0.39 is 0 Å². The Labute approximate surface area is 131 Å². The van der Waals surface area contributed by atoms with Crippen LogP contribution in [-0.2, 0) is 4.74 Å². The van der Waals surface area contributed by atoms with Crippen molar-refractivity contribution in [3.8, 4) is 0 Å². The van der Waals surface area contributed by atoms with Gasteiger partial charge in [-0.2, -0.15) is 0 Å². The molecule has 0 unspecified atom stereocenters. The molecule has 0 heterocycles. The highest BCUT2D eigenvalue weighted by Crippen LogP contribution is 2.17. The van der Waals surface area contributed by atoms with E-state index in [9.17, 15) is 0 Å². The van der Waals surface area contributed by atoms with Gasteiger partial charge in [-0.3, -0.25) is 4.90 Å². The summed E-state index contributed by atoms with van der Waals surface area (Å²) in [6, 6.07) is 0.493. The third kappa shape index (κ3) is 7.81. The molecule has 2 nitrogen and oxygen atoms in total. The monoisotopic (exact) mass is 297 g/mol. The summed E-state index contributed by atoms with van der Waals surface area (Å²) in [5.41, 5.74) is 1.14. The van der Waals surface area contributed by atoms with Crippen LogP contribution in [0.4, 0.5) is 0 Å². The molecule has 0 aromatic heterocycles. The molecule has 1 atom stereocenters. The van der Waals surface area contributed by atoms with E-state index in [1.54, 1.807) is 0 Å². The molecule has 0 aliphatic heterocycles. The summed E-state index contributed by atoms with van der Waals surface area (Å²) in [6.07, 6.45) is 8.28. The molecule has 0 amide bonds. The second kappa shape index (κ2) is 10.1. The largest absolute Gasteiger partial charge is 0.479 e. The van der Waals surface area contributed by atoms with Crippen LogP contribution in [0.15, 0.2) is 35.6 Å². The second-order valence-corrected chi connectivity index (χ2v) is 6.17. The van der Waals surface area contributed by atoms with E-state index in [1.807, 2.05) is 19.9 Å². The van der Waals surface area contributed by atoms with Gasteiger partial charge in [0, 0.05) is 12.6 Å². The Hall–Kier alpha value is -0.670. The first-order chi connectivity index (χ1) is 9.31. The van der Waals surface area contributed by atoms with E-state index in [4.69, 9.17) is 4.74 Å². The third-order valence-electron chi connectivity index (χ3n) is 3.22. The molecule has 0 saturated carbocycles. The van der Waals surface area contributed by atoms with Gasteiger partial charge in [-0.05, 0) is 58.4 Å². The van der Waals surface area contributed by atoms with E-state index >= 15 is 0 Å². The fourth-order valence-corrected chi connectivity index (χ4v) is 1.98. The minimum atomic E-state index is -0.121. The molecule has 0 aliphatic carbocycles. The topological polar surface area (TPSA) is 12.5 Å². The van der Waals surface area contributed by atoms with Crippen LogP contribution in [-0.4, -0.2) is 30.0 Å². The highest BCUT2D eigenvalue weighted by molar-refractivity contribution is 7.80. The SMILES string of the molecule is C\C=C/C(=C\C(=C/C)O[C@@H](S)CN(C)C(C)C)C(C)C. The standard InChI is InChI=1S/C17H31NOS/c1-8-10-15(13(3)4)11-16(9-2)19-17(20)12-18(7)14(5)6/h8-11,13-14,17,20H,12H2,1-7H3/b10-8-,15-11+,16-9+/t17-/m0/s1. The fraction of sp³-hybridized carbons (Fsp3) is 0.647. The van der Waals surface area contributed by atoms with Crippen LogP contribution >= 0.6 is 12.6 Å². The minimum absolute atomic E-state index is 0.121. The average Bonchev–Trinajstić information content (AvgIpc) is 2.36. The number of thiol groups is 1. The van der Waals surface area contributed by atoms with Gasteiger partial charge in [-0.1, -0.05) is 26.0 Å². The Balaban J connectivity index is 4.74. The summed E-state index contributed by atoms with van der Waals surface area (Å²) < 4.78 is 5.92. The number of hydrogen-bond donors (Lipinski definition) is 1. The first-order valence-corrected chi connectivity index (χ1v) is 7.89. The zero-order valence-electron chi connectivity index (χ0n) is 14.1. The molecule has 0 spiro atoms. The van der Waals surface area contributed by atoms with E-state index in [1.165, 1.54) is 5.57 Å². The molecule has 0 fully saturated rings. The maximum atomic E-state index is 5.92. The number of ether oxygens (including phenoxy) is 1. The van der Waals surface area contributed by atoms with E-state index in [2.05, 4.69) is 70.5 Å². The summed E-state index contributed by atoms with van der Waals surface area (Å²) in [5.74, 6) is 1.35. The lowest BCUT2D eigenvalue weighted by molar-refractivity contribution is 0.140. The summed E-state index contributed by atoms with van der Waals surface area (Å²) in [4.78, 5) is 2.23. The number of nitrogens with zero attached hydrogens (tertiary/aromatic N) is 1. The molecule has 116 valence electrons. The van der Waals surface area contributed by atoms with Gasteiger partial charge in [0.15, 0.2) is 5.44 Å². The van der Waals surface area contributed by atoms with Crippen molar-refractivity contribution in [3.63, 3.8) is 0 Å². The van der Waals surface area contributed by atoms with Crippen LogP contribution in [0.2, 0.25) is 0 Å². The van der Waals surface area contributed by atoms with Crippen molar-refractivity contribution < 1.29 is 4.74 Å². The van der Waals surface area contributed by atoms with Gasteiger partial charge >= 0.3 is 0 Å². The van der Waals surface area contributed by atoms with Crippen molar-refractivity contribution in [2.24, 2.45) is 5.92 Å². The van der Waals surface area contributed by atoms with E-state index in [0.717, 1.165) is 12.3 Å². The summed E-state index contributed by atoms with van der Waals surface area (Å²) in [6.45, 7) is 13.5. The van der Waals surface area contributed by atoms with Crippen LogP contribution in [0.1, 0.15) is 41.5 Å². The van der Waals surface area contributed by atoms with Gasteiger partial charge < -0.3 is 4.74 Å². The smallest absolute Gasteiger partial charge is 0.154 e. The number of allylic oxidation sites excluding steroid dienone is 5. The van der Waals surface area contributed by atoms with Gasteiger partial charge in [-0.15, -0.1) is 12.6 Å². The minimum Gasteiger partial charge on any atom is -0.479 e. The number of likely N-dealkylation sites (N-methyl/N-ethyl adjacent to an activating group) is 1.